The summed E-state index contributed by atoms with van der Waals surface area (Å²) >= 11 is 11.9. The highest BCUT2D eigenvalue weighted by atomic mass is 35.5. The number of hydrogen-bond donors (Lipinski definition) is 1. The molecule has 116 valence electrons. The molecule has 1 aliphatic rings. The zero-order valence-electron chi connectivity index (χ0n) is 10.9. The summed E-state index contributed by atoms with van der Waals surface area (Å²) in [4.78, 5) is 4.06. The number of nitrogens with two attached hydrogens (primary N) is 1. The lowest BCUT2D eigenvalue weighted by Gasteiger charge is -2.11. The average Bonchev–Trinajstić information content (AvgIpc) is 2.73. The van der Waals surface area contributed by atoms with Crippen LogP contribution < -0.4 is 15.2 Å². The van der Waals surface area contributed by atoms with Gasteiger partial charge in [-0.1, -0.05) is 23.2 Å². The van der Waals surface area contributed by atoms with Crippen LogP contribution in [0, 0.1) is 12.7 Å². The van der Waals surface area contributed by atoms with E-state index in [0.29, 0.717) is 5.69 Å². The first kappa shape index (κ1) is 15.1. The van der Waals surface area contributed by atoms with Gasteiger partial charge < -0.3 is 15.2 Å². The van der Waals surface area contributed by atoms with Gasteiger partial charge in [-0.15, -0.1) is 8.78 Å². The number of pyridine rings is 1. The number of nitrogen functional groups attached to an aromatic ring is 1. The zero-order chi connectivity index (χ0) is 16.2. The van der Waals surface area contributed by atoms with Gasteiger partial charge in [-0.05, 0) is 13.0 Å². The number of nitrogens with zero attached hydrogens (tertiary/aromatic N) is 1. The summed E-state index contributed by atoms with van der Waals surface area (Å²) in [5, 5.41) is 0.0570. The van der Waals surface area contributed by atoms with Gasteiger partial charge in [0.25, 0.3) is 0 Å². The van der Waals surface area contributed by atoms with Crippen molar-refractivity contribution in [3.63, 3.8) is 0 Å². The molecule has 0 fully saturated rings. The zero-order valence-corrected chi connectivity index (χ0v) is 12.4. The summed E-state index contributed by atoms with van der Waals surface area (Å²) in [7, 11) is 0. The molecular formula is C13H7Cl2F3N2O2. The van der Waals surface area contributed by atoms with Gasteiger partial charge in [-0.2, -0.15) is 0 Å². The Morgan fingerprint density at radius 1 is 1.14 bits per heavy atom. The Labute approximate surface area is 132 Å². The van der Waals surface area contributed by atoms with Gasteiger partial charge in [0.2, 0.25) is 0 Å². The van der Waals surface area contributed by atoms with Gasteiger partial charge in [0, 0.05) is 11.6 Å². The maximum absolute atomic E-state index is 14.2. The van der Waals surface area contributed by atoms with Gasteiger partial charge in [-0.3, -0.25) is 0 Å². The minimum Gasteiger partial charge on any atom is -0.396 e. The fourth-order valence-corrected chi connectivity index (χ4v) is 2.44. The van der Waals surface area contributed by atoms with Gasteiger partial charge in [0.05, 0.1) is 27.1 Å². The van der Waals surface area contributed by atoms with Crippen LogP contribution in [-0.4, -0.2) is 11.3 Å². The maximum atomic E-state index is 14.2. The van der Waals surface area contributed by atoms with Crippen LogP contribution in [0.3, 0.4) is 0 Å². The molecule has 0 atom stereocenters. The molecule has 22 heavy (non-hydrogen) atoms. The number of alkyl halides is 2. The van der Waals surface area contributed by atoms with E-state index in [-0.39, 0.29) is 32.7 Å². The first-order chi connectivity index (χ1) is 10.2. The second kappa shape index (κ2) is 4.82. The summed E-state index contributed by atoms with van der Waals surface area (Å²) in [6.07, 6.45) is -3.85. The number of aryl methyl sites for hydroxylation is 1. The fourth-order valence-electron chi connectivity index (χ4n) is 2.02. The van der Waals surface area contributed by atoms with E-state index in [0.717, 1.165) is 12.1 Å². The lowest BCUT2D eigenvalue weighted by molar-refractivity contribution is -0.286. The van der Waals surface area contributed by atoms with Crippen molar-refractivity contribution in [1.29, 1.82) is 0 Å². The van der Waals surface area contributed by atoms with E-state index in [1.165, 1.54) is 0 Å². The van der Waals surface area contributed by atoms with E-state index in [1.807, 2.05) is 0 Å². The Kier molecular flexibility index (Phi) is 3.30. The number of benzene rings is 1. The Balaban J connectivity index is 2.20. The minimum atomic E-state index is -3.85. The number of halogens is 5. The molecule has 9 heteroatoms. The number of aromatic nitrogens is 1. The molecule has 2 N–H and O–H groups in total. The predicted molar refractivity (Wildman–Crippen MR) is 75.0 cm³/mol. The molecule has 0 amide bonds. The van der Waals surface area contributed by atoms with Crippen LogP contribution in [-0.2, 0) is 0 Å². The topological polar surface area (TPSA) is 57.4 Å². The summed E-state index contributed by atoms with van der Waals surface area (Å²) in [6.45, 7) is 1.55. The smallest absolute Gasteiger partial charge is 0.396 e. The monoisotopic (exact) mass is 350 g/mol. The van der Waals surface area contributed by atoms with Gasteiger partial charge >= 0.3 is 6.29 Å². The molecule has 4 nitrogen and oxygen atoms in total. The predicted octanol–water partition coefficient (Wildman–Crippen LogP) is 4.41. The normalized spacial score (nSPS) is 15.2. The Morgan fingerprint density at radius 3 is 2.36 bits per heavy atom. The minimum absolute atomic E-state index is 0.0215. The third kappa shape index (κ3) is 2.30. The van der Waals surface area contributed by atoms with E-state index in [9.17, 15) is 13.2 Å². The number of ether oxygens (including phenoxy) is 2. The Bertz CT molecular complexity index is 800. The van der Waals surface area contributed by atoms with Crippen molar-refractivity contribution in [3.8, 4) is 22.8 Å². The van der Waals surface area contributed by atoms with E-state index >= 15 is 0 Å². The van der Waals surface area contributed by atoms with Gasteiger partial charge in [0.1, 0.15) is 5.82 Å². The lowest BCUT2D eigenvalue weighted by Crippen LogP contribution is -2.25. The molecule has 2 aromatic rings. The second-order valence-corrected chi connectivity index (χ2v) is 5.29. The summed E-state index contributed by atoms with van der Waals surface area (Å²) in [5.41, 5.74) is 5.88. The van der Waals surface area contributed by atoms with Crippen molar-refractivity contribution in [2.45, 2.75) is 13.2 Å². The first-order valence-electron chi connectivity index (χ1n) is 5.90. The molecule has 0 unspecified atom stereocenters. The average molecular weight is 351 g/mol. The van der Waals surface area contributed by atoms with Crippen LogP contribution in [0.2, 0.25) is 10.0 Å². The van der Waals surface area contributed by atoms with E-state index in [2.05, 4.69) is 14.5 Å². The summed E-state index contributed by atoms with van der Waals surface area (Å²) < 4.78 is 48.7. The van der Waals surface area contributed by atoms with Crippen LogP contribution in [0.25, 0.3) is 11.3 Å². The largest absolute Gasteiger partial charge is 0.586 e. The molecular weight excluding hydrogens is 344 g/mol. The first-order valence-corrected chi connectivity index (χ1v) is 6.66. The van der Waals surface area contributed by atoms with Crippen molar-refractivity contribution < 1.29 is 22.6 Å². The Morgan fingerprint density at radius 2 is 1.73 bits per heavy atom. The highest BCUT2D eigenvalue weighted by Gasteiger charge is 2.44. The fraction of sp³-hybridized carbons (Fsp3) is 0.154. The van der Waals surface area contributed by atoms with Gasteiger partial charge in [0.15, 0.2) is 11.5 Å². The molecule has 1 aromatic carbocycles. The van der Waals surface area contributed by atoms with Crippen molar-refractivity contribution in [3.05, 3.63) is 33.7 Å². The molecule has 0 saturated heterocycles. The molecule has 0 radical (unpaired) electrons. The van der Waals surface area contributed by atoms with Crippen molar-refractivity contribution in [2.75, 3.05) is 5.73 Å². The summed E-state index contributed by atoms with van der Waals surface area (Å²) in [6, 6.07) is 1.79. The number of anilines is 1. The molecule has 0 saturated carbocycles. The van der Waals surface area contributed by atoms with Crippen molar-refractivity contribution >= 4 is 28.9 Å². The number of hydrogen-bond acceptors (Lipinski definition) is 4. The van der Waals surface area contributed by atoms with Crippen LogP contribution in [0.1, 0.15) is 5.69 Å². The van der Waals surface area contributed by atoms with Crippen LogP contribution >= 0.6 is 23.2 Å². The molecule has 0 bridgehead atoms. The molecule has 2 heterocycles. The number of rotatable bonds is 1. The van der Waals surface area contributed by atoms with E-state index in [4.69, 9.17) is 28.9 Å². The van der Waals surface area contributed by atoms with Crippen LogP contribution in [0.15, 0.2) is 12.1 Å². The highest BCUT2D eigenvalue weighted by molar-refractivity contribution is 6.40. The third-order valence-corrected chi connectivity index (χ3v) is 3.88. The van der Waals surface area contributed by atoms with Crippen LogP contribution in [0.5, 0.6) is 11.5 Å². The van der Waals surface area contributed by atoms with Gasteiger partial charge in [-0.25, -0.2) is 9.37 Å². The second-order valence-electron chi connectivity index (χ2n) is 4.53. The highest BCUT2D eigenvalue weighted by Crippen LogP contribution is 2.46. The molecule has 1 aliphatic heterocycles. The molecule has 1 aromatic heterocycles. The van der Waals surface area contributed by atoms with Crippen LogP contribution in [0.4, 0.5) is 18.9 Å². The van der Waals surface area contributed by atoms with Crippen molar-refractivity contribution in [2.24, 2.45) is 0 Å². The van der Waals surface area contributed by atoms with E-state index in [1.54, 1.807) is 6.92 Å². The molecule has 0 spiro atoms. The third-order valence-electron chi connectivity index (χ3n) is 3.02. The summed E-state index contributed by atoms with van der Waals surface area (Å²) in [5.74, 6) is -1.61. The molecule has 3 rings (SSSR count). The molecule has 0 aliphatic carbocycles. The maximum Gasteiger partial charge on any atom is 0.586 e. The quantitative estimate of drug-likeness (QED) is 0.827. The lowest BCUT2D eigenvalue weighted by atomic mass is 10.1. The van der Waals surface area contributed by atoms with E-state index < -0.39 is 17.9 Å². The standard InChI is InChI=1S/C13H7Cl2F3N2O2/c1-4-9(14)11(19)10(15)12(20-4)5-2-7-8(3-6(5)16)22-13(17,18)21-7/h2-3H,1H3,(H2,19,20). The Hall–Kier alpha value is -1.86. The SMILES string of the molecule is Cc1nc(-c2cc3c(cc2F)OC(F)(F)O3)c(Cl)c(N)c1Cl. The van der Waals surface area contributed by atoms with Crippen molar-refractivity contribution in [1.82, 2.24) is 4.98 Å². The number of fused-ring (bicyclic) bond motifs is 1.